The molecule has 4 nitrogen and oxygen atoms in total. The lowest BCUT2D eigenvalue weighted by molar-refractivity contribution is 0.0562. The van der Waals surface area contributed by atoms with Gasteiger partial charge in [0.15, 0.2) is 0 Å². The number of esters is 1. The van der Waals surface area contributed by atoms with Gasteiger partial charge in [-0.3, -0.25) is 5.32 Å². The molecule has 2 aromatic heterocycles. The van der Waals surface area contributed by atoms with Crippen LogP contribution in [0.25, 0.3) is 0 Å². The Balaban J connectivity index is 2.06. The molecule has 1 N–H and O–H groups in total. The first kappa shape index (κ1) is 15.8. The number of hydrogen-bond acceptors (Lipinski definition) is 5. The average molecular weight is 307 g/mol. The molecule has 0 bridgehead atoms. The molecule has 2 rings (SSSR count). The maximum absolute atomic E-state index is 11.4. The topological polar surface area (TPSA) is 51.5 Å². The molecule has 0 aliphatic heterocycles. The molecule has 2 atom stereocenters. The van der Waals surface area contributed by atoms with Crippen LogP contribution in [0.4, 0.5) is 0 Å². The molecule has 0 spiro atoms. The van der Waals surface area contributed by atoms with Gasteiger partial charge in [0.1, 0.15) is 5.76 Å². The van der Waals surface area contributed by atoms with Crippen LogP contribution in [0.5, 0.6) is 0 Å². The number of nitrogens with one attached hydrogen (secondary N) is 1. The number of rotatable bonds is 7. The Bertz CT molecular complexity index is 562. The fourth-order valence-electron chi connectivity index (χ4n) is 2.27. The van der Waals surface area contributed by atoms with Crippen molar-refractivity contribution in [1.29, 1.82) is 0 Å². The third-order valence-electron chi connectivity index (χ3n) is 3.36. The Morgan fingerprint density at radius 3 is 2.86 bits per heavy atom. The molecule has 0 aliphatic carbocycles. The summed E-state index contributed by atoms with van der Waals surface area (Å²) in [6, 6.07) is 8.02. The van der Waals surface area contributed by atoms with Crippen molar-refractivity contribution in [1.82, 2.24) is 5.32 Å². The lowest BCUT2D eigenvalue weighted by Crippen LogP contribution is -2.23. The standard InChI is InChI=1S/C16H21NO3S/c1-4-6-12(15-7-5-10-21-15)17-11(2)13-8-9-14(20-13)16(18)19-3/h5,7-12,17H,4,6H2,1-3H3. The summed E-state index contributed by atoms with van der Waals surface area (Å²) < 4.78 is 10.2. The van der Waals surface area contributed by atoms with E-state index in [2.05, 4.69) is 34.5 Å². The van der Waals surface area contributed by atoms with Gasteiger partial charge < -0.3 is 9.15 Å². The molecule has 21 heavy (non-hydrogen) atoms. The Labute approximate surface area is 129 Å². The zero-order chi connectivity index (χ0) is 15.2. The first-order valence-electron chi connectivity index (χ1n) is 7.13. The lowest BCUT2D eigenvalue weighted by atomic mass is 10.1. The molecule has 2 unspecified atom stereocenters. The molecule has 114 valence electrons. The number of furan rings is 1. The van der Waals surface area contributed by atoms with Gasteiger partial charge in [-0.2, -0.15) is 0 Å². The lowest BCUT2D eigenvalue weighted by Gasteiger charge is -2.21. The second-order valence-corrected chi connectivity index (χ2v) is 5.92. The highest BCUT2D eigenvalue weighted by Crippen LogP contribution is 2.27. The molecule has 0 aromatic carbocycles. The van der Waals surface area contributed by atoms with Crippen molar-refractivity contribution in [3.8, 4) is 0 Å². The van der Waals surface area contributed by atoms with Crippen LogP contribution in [0.1, 0.15) is 60.0 Å². The number of ether oxygens (including phenoxy) is 1. The summed E-state index contributed by atoms with van der Waals surface area (Å²) in [6.07, 6.45) is 2.17. The van der Waals surface area contributed by atoms with Crippen molar-refractivity contribution < 1.29 is 13.9 Å². The molecular formula is C16H21NO3S. The van der Waals surface area contributed by atoms with Gasteiger partial charge in [0, 0.05) is 10.9 Å². The van der Waals surface area contributed by atoms with Crippen LogP contribution in [0.2, 0.25) is 0 Å². The van der Waals surface area contributed by atoms with Crippen LogP contribution in [0.15, 0.2) is 34.1 Å². The first-order valence-corrected chi connectivity index (χ1v) is 8.01. The minimum absolute atomic E-state index is 0.0297. The van der Waals surface area contributed by atoms with Gasteiger partial charge in [-0.1, -0.05) is 19.4 Å². The van der Waals surface area contributed by atoms with Gasteiger partial charge in [-0.25, -0.2) is 4.79 Å². The Kier molecular flexibility index (Phi) is 5.59. The van der Waals surface area contributed by atoms with E-state index in [-0.39, 0.29) is 11.8 Å². The third-order valence-corrected chi connectivity index (χ3v) is 4.34. The van der Waals surface area contributed by atoms with Crippen LogP contribution < -0.4 is 5.32 Å². The minimum atomic E-state index is -0.447. The molecule has 0 fully saturated rings. The summed E-state index contributed by atoms with van der Waals surface area (Å²) in [5.41, 5.74) is 0. The summed E-state index contributed by atoms with van der Waals surface area (Å²) in [5, 5.41) is 5.66. The SMILES string of the molecule is CCCC(NC(C)c1ccc(C(=O)OC)o1)c1cccs1. The Hall–Kier alpha value is -1.59. The van der Waals surface area contributed by atoms with Crippen molar-refractivity contribution in [2.75, 3.05) is 7.11 Å². The van der Waals surface area contributed by atoms with Gasteiger partial charge in [0.25, 0.3) is 0 Å². The number of methoxy groups -OCH3 is 1. The molecule has 0 saturated carbocycles. The van der Waals surface area contributed by atoms with Gasteiger partial charge in [-0.15, -0.1) is 11.3 Å². The van der Waals surface area contributed by atoms with Crippen LogP contribution in [-0.4, -0.2) is 13.1 Å². The van der Waals surface area contributed by atoms with E-state index in [0.717, 1.165) is 18.6 Å². The van der Waals surface area contributed by atoms with E-state index in [1.807, 2.05) is 13.0 Å². The molecule has 0 amide bonds. The number of thiophene rings is 1. The second-order valence-electron chi connectivity index (χ2n) is 4.94. The van der Waals surface area contributed by atoms with E-state index in [1.54, 1.807) is 17.4 Å². The van der Waals surface area contributed by atoms with Crippen LogP contribution >= 0.6 is 11.3 Å². The predicted molar refractivity (Wildman–Crippen MR) is 83.6 cm³/mol. The van der Waals surface area contributed by atoms with E-state index in [1.165, 1.54) is 12.0 Å². The van der Waals surface area contributed by atoms with Crippen molar-refractivity contribution in [2.24, 2.45) is 0 Å². The smallest absolute Gasteiger partial charge is 0.373 e. The zero-order valence-corrected chi connectivity index (χ0v) is 13.4. The Morgan fingerprint density at radius 2 is 2.24 bits per heavy atom. The number of hydrogen-bond donors (Lipinski definition) is 1. The fourth-order valence-corrected chi connectivity index (χ4v) is 3.09. The molecular weight excluding hydrogens is 286 g/mol. The van der Waals surface area contributed by atoms with Crippen LogP contribution in [0, 0.1) is 0 Å². The molecule has 2 heterocycles. The normalized spacial score (nSPS) is 13.9. The molecule has 5 heteroatoms. The van der Waals surface area contributed by atoms with Crippen LogP contribution in [-0.2, 0) is 4.74 Å². The molecule has 0 saturated heterocycles. The summed E-state index contributed by atoms with van der Waals surface area (Å²) in [5.74, 6) is 0.536. The van der Waals surface area contributed by atoms with Crippen molar-refractivity contribution in [2.45, 2.75) is 38.8 Å². The summed E-state index contributed by atoms with van der Waals surface area (Å²) in [4.78, 5) is 12.7. The Morgan fingerprint density at radius 1 is 1.43 bits per heavy atom. The second kappa shape index (κ2) is 7.43. The number of carbonyl (C=O) groups excluding carboxylic acids is 1. The maximum atomic E-state index is 11.4. The van der Waals surface area contributed by atoms with Gasteiger partial charge >= 0.3 is 5.97 Å². The highest BCUT2D eigenvalue weighted by molar-refractivity contribution is 7.10. The summed E-state index contributed by atoms with van der Waals surface area (Å²) in [6.45, 7) is 4.21. The van der Waals surface area contributed by atoms with Gasteiger partial charge in [-0.05, 0) is 36.9 Å². The fraction of sp³-hybridized carbons (Fsp3) is 0.438. The van der Waals surface area contributed by atoms with E-state index < -0.39 is 5.97 Å². The monoisotopic (exact) mass is 307 g/mol. The minimum Gasteiger partial charge on any atom is -0.463 e. The summed E-state index contributed by atoms with van der Waals surface area (Å²) >= 11 is 1.75. The highest BCUT2D eigenvalue weighted by Gasteiger charge is 2.19. The van der Waals surface area contributed by atoms with Gasteiger partial charge in [0.05, 0.1) is 13.2 Å². The zero-order valence-electron chi connectivity index (χ0n) is 12.6. The predicted octanol–water partition coefficient (Wildman–Crippen LogP) is 4.32. The largest absolute Gasteiger partial charge is 0.463 e. The third kappa shape index (κ3) is 3.95. The van der Waals surface area contributed by atoms with E-state index in [4.69, 9.17) is 4.42 Å². The first-order chi connectivity index (χ1) is 10.2. The van der Waals surface area contributed by atoms with Crippen LogP contribution in [0.3, 0.4) is 0 Å². The highest BCUT2D eigenvalue weighted by atomic mass is 32.1. The summed E-state index contributed by atoms with van der Waals surface area (Å²) in [7, 11) is 1.35. The molecule has 0 radical (unpaired) electrons. The number of carbonyl (C=O) groups is 1. The average Bonchev–Trinajstić information content (AvgIpc) is 3.17. The van der Waals surface area contributed by atoms with E-state index >= 15 is 0 Å². The van der Waals surface area contributed by atoms with Crippen molar-refractivity contribution in [3.05, 3.63) is 46.0 Å². The van der Waals surface area contributed by atoms with E-state index in [0.29, 0.717) is 6.04 Å². The van der Waals surface area contributed by atoms with Crippen molar-refractivity contribution in [3.63, 3.8) is 0 Å². The molecule has 2 aromatic rings. The van der Waals surface area contributed by atoms with Crippen molar-refractivity contribution >= 4 is 17.3 Å². The maximum Gasteiger partial charge on any atom is 0.373 e. The molecule has 0 aliphatic rings. The van der Waals surface area contributed by atoms with Gasteiger partial charge in [0.2, 0.25) is 5.76 Å². The quantitative estimate of drug-likeness (QED) is 0.774. The van der Waals surface area contributed by atoms with E-state index in [9.17, 15) is 4.79 Å².